The molecule has 0 spiro atoms. The monoisotopic (exact) mass is 379 g/mol. The summed E-state index contributed by atoms with van der Waals surface area (Å²) in [6.07, 6.45) is 8.09. The quantitative estimate of drug-likeness (QED) is 0.719. The Bertz CT molecular complexity index is 952. The molecule has 2 aromatic rings. The normalized spacial score (nSPS) is 15.4. The molecule has 2 aromatic carbocycles. The fraction of sp³-hybridized carbons (Fsp3) is 0.190. The molecule has 0 aliphatic carbocycles. The molecular weight excluding hydrogens is 358 g/mol. The third-order valence-corrected chi connectivity index (χ3v) is 5.33. The molecule has 27 heavy (non-hydrogen) atoms. The standard InChI is InChI=1S/C21H21N3O2S/c1-25-19-8-7-15(13-20(19)26-2)18-9-11-22-21-10-12-23(24(18)21)16-5-4-6-17(14-16)27-3/h4-11,13-14H,12H2,1-3H3. The second kappa shape index (κ2) is 7.40. The highest BCUT2D eigenvalue weighted by Gasteiger charge is 2.30. The van der Waals surface area contributed by atoms with E-state index in [-0.39, 0.29) is 0 Å². The van der Waals surface area contributed by atoms with Gasteiger partial charge < -0.3 is 9.47 Å². The summed E-state index contributed by atoms with van der Waals surface area (Å²) in [6, 6.07) is 14.5. The average molecular weight is 379 g/mol. The smallest absolute Gasteiger partial charge is 0.161 e. The maximum Gasteiger partial charge on any atom is 0.161 e. The Morgan fingerprint density at radius 3 is 2.67 bits per heavy atom. The molecule has 0 atom stereocenters. The molecule has 2 aliphatic rings. The first-order chi connectivity index (χ1) is 13.2. The molecular formula is C21H21N3O2S. The number of ether oxygens (including phenoxy) is 2. The Kier molecular flexibility index (Phi) is 4.81. The lowest BCUT2D eigenvalue weighted by molar-refractivity contribution is 0.354. The van der Waals surface area contributed by atoms with Gasteiger partial charge in [-0.3, -0.25) is 5.01 Å². The summed E-state index contributed by atoms with van der Waals surface area (Å²) in [5.41, 5.74) is 3.22. The van der Waals surface area contributed by atoms with Gasteiger partial charge in [0.25, 0.3) is 0 Å². The maximum atomic E-state index is 5.49. The van der Waals surface area contributed by atoms with E-state index in [0.29, 0.717) is 11.5 Å². The molecule has 0 amide bonds. The molecule has 2 aliphatic heterocycles. The number of anilines is 1. The number of aliphatic imine (C=N–C) groups is 1. The average Bonchev–Trinajstić information content (AvgIpc) is 3.17. The minimum Gasteiger partial charge on any atom is -0.493 e. The first kappa shape index (κ1) is 17.5. The lowest BCUT2D eigenvalue weighted by Crippen LogP contribution is -2.37. The van der Waals surface area contributed by atoms with Crippen LogP contribution in [0.5, 0.6) is 11.5 Å². The highest BCUT2D eigenvalue weighted by molar-refractivity contribution is 7.98. The Morgan fingerprint density at radius 1 is 1.04 bits per heavy atom. The van der Waals surface area contributed by atoms with Crippen LogP contribution in [0.25, 0.3) is 5.70 Å². The van der Waals surface area contributed by atoms with Gasteiger partial charge in [-0.15, -0.1) is 11.8 Å². The van der Waals surface area contributed by atoms with Crippen LogP contribution in [0.4, 0.5) is 5.69 Å². The number of nitrogens with zero attached hydrogens (tertiary/aromatic N) is 3. The van der Waals surface area contributed by atoms with E-state index in [1.165, 1.54) is 4.90 Å². The van der Waals surface area contributed by atoms with Crippen molar-refractivity contribution < 1.29 is 9.47 Å². The SMILES string of the molecule is COc1ccc(C2=CC=NC3=CCN(c4cccc(SC)c4)N32)cc1OC. The lowest BCUT2D eigenvalue weighted by Gasteiger charge is -2.35. The highest BCUT2D eigenvalue weighted by Crippen LogP contribution is 2.38. The second-order valence-corrected chi connectivity index (χ2v) is 6.94. The van der Waals surface area contributed by atoms with Gasteiger partial charge in [-0.25, -0.2) is 10.0 Å². The van der Waals surface area contributed by atoms with Gasteiger partial charge in [0.1, 0.15) is 5.82 Å². The first-order valence-electron chi connectivity index (χ1n) is 8.63. The predicted octanol–water partition coefficient (Wildman–Crippen LogP) is 4.43. The van der Waals surface area contributed by atoms with Crippen LogP contribution in [0.2, 0.25) is 0 Å². The van der Waals surface area contributed by atoms with Crippen LogP contribution in [0.1, 0.15) is 5.56 Å². The highest BCUT2D eigenvalue weighted by atomic mass is 32.2. The molecule has 0 radical (unpaired) electrons. The summed E-state index contributed by atoms with van der Waals surface area (Å²) in [6.45, 7) is 0.773. The summed E-state index contributed by atoms with van der Waals surface area (Å²) in [4.78, 5) is 5.78. The van der Waals surface area contributed by atoms with E-state index in [1.54, 1.807) is 26.0 Å². The number of methoxy groups -OCH3 is 2. The van der Waals surface area contributed by atoms with Crippen LogP contribution in [-0.4, -0.2) is 38.2 Å². The van der Waals surface area contributed by atoms with E-state index >= 15 is 0 Å². The molecule has 5 nitrogen and oxygen atoms in total. The van der Waals surface area contributed by atoms with Crippen LogP contribution < -0.4 is 14.5 Å². The third kappa shape index (κ3) is 3.17. The minimum absolute atomic E-state index is 0.707. The van der Waals surface area contributed by atoms with Gasteiger partial charge in [-0.1, -0.05) is 6.07 Å². The zero-order chi connectivity index (χ0) is 18.8. The fourth-order valence-corrected chi connectivity index (χ4v) is 3.73. The van der Waals surface area contributed by atoms with Gasteiger partial charge in [-0.05, 0) is 54.8 Å². The van der Waals surface area contributed by atoms with E-state index in [9.17, 15) is 0 Å². The summed E-state index contributed by atoms with van der Waals surface area (Å²) in [7, 11) is 3.30. The minimum atomic E-state index is 0.707. The van der Waals surface area contributed by atoms with Gasteiger partial charge in [0.05, 0.1) is 32.1 Å². The predicted molar refractivity (Wildman–Crippen MR) is 112 cm³/mol. The van der Waals surface area contributed by atoms with Crippen LogP contribution in [-0.2, 0) is 0 Å². The number of thioether (sulfide) groups is 1. The number of benzene rings is 2. The largest absolute Gasteiger partial charge is 0.493 e. The summed E-state index contributed by atoms with van der Waals surface area (Å²) in [5.74, 6) is 2.35. The number of hydrogen-bond acceptors (Lipinski definition) is 6. The van der Waals surface area contributed by atoms with Crippen molar-refractivity contribution in [3.63, 3.8) is 0 Å². The van der Waals surface area contributed by atoms with Crippen LogP contribution in [0.15, 0.2) is 70.3 Å². The van der Waals surface area contributed by atoms with Crippen molar-refractivity contribution in [1.29, 1.82) is 0 Å². The van der Waals surface area contributed by atoms with Crippen LogP contribution in [0, 0.1) is 0 Å². The molecule has 0 N–H and O–H groups in total. The van der Waals surface area contributed by atoms with Gasteiger partial charge in [0.15, 0.2) is 11.5 Å². The third-order valence-electron chi connectivity index (χ3n) is 4.60. The topological polar surface area (TPSA) is 37.3 Å². The van der Waals surface area contributed by atoms with Crippen molar-refractivity contribution in [3.8, 4) is 11.5 Å². The Balaban J connectivity index is 1.74. The molecule has 0 fully saturated rings. The molecule has 0 unspecified atom stereocenters. The van der Waals surface area contributed by atoms with Crippen molar-refractivity contribution in [2.45, 2.75) is 4.90 Å². The molecule has 6 heteroatoms. The van der Waals surface area contributed by atoms with E-state index < -0.39 is 0 Å². The lowest BCUT2D eigenvalue weighted by atomic mass is 10.1. The van der Waals surface area contributed by atoms with E-state index in [1.807, 2.05) is 30.5 Å². The fourth-order valence-electron chi connectivity index (χ4n) is 3.28. The number of fused-ring (bicyclic) bond motifs is 1. The molecule has 0 saturated carbocycles. The Labute approximate surface area is 163 Å². The molecule has 0 bridgehead atoms. The second-order valence-electron chi connectivity index (χ2n) is 6.06. The number of hydrazine groups is 1. The van der Waals surface area contributed by atoms with E-state index in [4.69, 9.17) is 9.47 Å². The molecule has 138 valence electrons. The van der Waals surface area contributed by atoms with Gasteiger partial charge in [-0.2, -0.15) is 0 Å². The molecule has 0 saturated heterocycles. The van der Waals surface area contributed by atoms with Gasteiger partial charge >= 0.3 is 0 Å². The first-order valence-corrected chi connectivity index (χ1v) is 9.86. The summed E-state index contributed by atoms with van der Waals surface area (Å²) >= 11 is 1.74. The molecule has 0 aromatic heterocycles. The van der Waals surface area contributed by atoms with E-state index in [0.717, 1.165) is 29.3 Å². The Hall–Kier alpha value is -2.86. The van der Waals surface area contributed by atoms with E-state index in [2.05, 4.69) is 51.6 Å². The van der Waals surface area contributed by atoms with Gasteiger partial charge in [0, 0.05) is 16.7 Å². The maximum absolute atomic E-state index is 5.49. The Morgan fingerprint density at radius 2 is 1.89 bits per heavy atom. The van der Waals surface area contributed by atoms with Crippen molar-refractivity contribution >= 4 is 29.4 Å². The summed E-state index contributed by atoms with van der Waals surface area (Å²) in [5, 5.41) is 4.38. The molecule has 4 rings (SSSR count). The number of hydrogen-bond donors (Lipinski definition) is 0. The van der Waals surface area contributed by atoms with Crippen molar-refractivity contribution in [2.24, 2.45) is 4.99 Å². The van der Waals surface area contributed by atoms with Crippen molar-refractivity contribution in [1.82, 2.24) is 5.01 Å². The van der Waals surface area contributed by atoms with Crippen molar-refractivity contribution in [3.05, 3.63) is 66.0 Å². The number of allylic oxidation sites excluding steroid dienone is 1. The number of rotatable bonds is 5. The molecule has 2 heterocycles. The van der Waals surface area contributed by atoms with Crippen molar-refractivity contribution in [2.75, 3.05) is 32.0 Å². The van der Waals surface area contributed by atoms with Gasteiger partial charge in [0.2, 0.25) is 0 Å². The zero-order valence-corrected chi connectivity index (χ0v) is 16.4. The van der Waals surface area contributed by atoms with Crippen LogP contribution >= 0.6 is 11.8 Å². The summed E-state index contributed by atoms with van der Waals surface area (Å²) < 4.78 is 10.9. The zero-order valence-electron chi connectivity index (χ0n) is 15.5. The van der Waals surface area contributed by atoms with Crippen LogP contribution in [0.3, 0.4) is 0 Å².